The zero-order valence-corrected chi connectivity index (χ0v) is 15.9. The van der Waals surface area contributed by atoms with Crippen LogP contribution in [0.3, 0.4) is 0 Å². The van der Waals surface area contributed by atoms with Crippen molar-refractivity contribution in [3.8, 4) is 0 Å². The third kappa shape index (κ3) is 3.28. The predicted molar refractivity (Wildman–Crippen MR) is 110 cm³/mol. The first-order valence-electron chi connectivity index (χ1n) is 9.62. The molecule has 1 aliphatic rings. The van der Waals surface area contributed by atoms with Crippen molar-refractivity contribution in [2.24, 2.45) is 0 Å². The summed E-state index contributed by atoms with van der Waals surface area (Å²) in [7, 11) is 0. The van der Waals surface area contributed by atoms with Crippen molar-refractivity contribution in [1.29, 1.82) is 0 Å². The average Bonchev–Trinajstić information content (AvgIpc) is 2.96. The average molecular weight is 373 g/mol. The van der Waals surface area contributed by atoms with Crippen molar-refractivity contribution >= 4 is 22.6 Å². The molecule has 0 spiro atoms. The number of aromatic carboxylic acids is 1. The van der Waals surface area contributed by atoms with Crippen molar-refractivity contribution in [2.45, 2.75) is 45.3 Å². The van der Waals surface area contributed by atoms with Crippen LogP contribution in [0.1, 0.15) is 46.4 Å². The number of hydrogen-bond donors (Lipinski definition) is 2. The van der Waals surface area contributed by atoms with Gasteiger partial charge in [0.2, 0.25) is 5.69 Å². The maximum Gasteiger partial charge on any atom is 0.352 e. The Morgan fingerprint density at radius 2 is 2.00 bits per heavy atom. The molecule has 28 heavy (non-hydrogen) atoms. The third-order valence-electron chi connectivity index (χ3n) is 5.62. The first-order valence-corrected chi connectivity index (χ1v) is 9.62. The number of carboxylic acids is 1. The molecule has 1 aliphatic carbocycles. The Labute approximate surface area is 164 Å². The second-order valence-corrected chi connectivity index (χ2v) is 7.50. The van der Waals surface area contributed by atoms with E-state index in [4.69, 9.17) is 6.57 Å². The molecule has 0 amide bonds. The molecule has 0 atom stereocenters. The lowest BCUT2D eigenvalue weighted by Gasteiger charge is -2.26. The Hall–Kier alpha value is -3.10. The quantitative estimate of drug-likeness (QED) is 0.605. The van der Waals surface area contributed by atoms with Crippen LogP contribution < -0.4 is 5.32 Å². The van der Waals surface area contributed by atoms with Gasteiger partial charge in [-0.1, -0.05) is 54.4 Å². The zero-order chi connectivity index (χ0) is 19.7. The molecule has 0 unspecified atom stereocenters. The highest BCUT2D eigenvalue weighted by Crippen LogP contribution is 2.34. The molecule has 5 heteroatoms. The summed E-state index contributed by atoms with van der Waals surface area (Å²) in [5, 5.41) is 14.4. The van der Waals surface area contributed by atoms with E-state index in [9.17, 15) is 9.90 Å². The molecular formula is C23H23N3O2. The first kappa shape index (κ1) is 18.3. The fourth-order valence-electron chi connectivity index (χ4n) is 3.87. The minimum atomic E-state index is -0.954. The lowest BCUT2D eigenvalue weighted by Crippen LogP contribution is -2.34. The van der Waals surface area contributed by atoms with Crippen molar-refractivity contribution in [3.63, 3.8) is 0 Å². The van der Waals surface area contributed by atoms with Crippen molar-refractivity contribution in [2.75, 3.05) is 0 Å². The van der Waals surface area contributed by atoms with Crippen LogP contribution in [0.25, 0.3) is 15.7 Å². The summed E-state index contributed by atoms with van der Waals surface area (Å²) in [6.45, 7) is 10.5. The van der Waals surface area contributed by atoms with Crippen LogP contribution in [-0.4, -0.2) is 21.7 Å². The maximum atomic E-state index is 12.3. The number of hydrogen-bond acceptors (Lipinski definition) is 2. The van der Waals surface area contributed by atoms with Gasteiger partial charge in [-0.25, -0.2) is 9.64 Å². The van der Waals surface area contributed by atoms with E-state index in [1.165, 1.54) is 6.42 Å². The van der Waals surface area contributed by atoms with Gasteiger partial charge >= 0.3 is 5.97 Å². The number of aryl methyl sites for hydroxylation is 1. The summed E-state index contributed by atoms with van der Waals surface area (Å²) >= 11 is 0. The molecule has 0 aliphatic heterocycles. The Morgan fingerprint density at radius 1 is 1.25 bits per heavy atom. The van der Waals surface area contributed by atoms with E-state index in [0.29, 0.717) is 30.3 Å². The lowest BCUT2D eigenvalue weighted by atomic mass is 9.93. The molecule has 2 N–H and O–H groups in total. The van der Waals surface area contributed by atoms with Gasteiger partial charge in [-0.2, -0.15) is 0 Å². The topological polar surface area (TPSA) is 58.6 Å². The van der Waals surface area contributed by atoms with Gasteiger partial charge in [0.05, 0.1) is 12.1 Å². The fourth-order valence-corrected chi connectivity index (χ4v) is 3.87. The van der Waals surface area contributed by atoms with Crippen LogP contribution in [0.15, 0.2) is 42.5 Å². The second-order valence-electron chi connectivity index (χ2n) is 7.50. The minimum Gasteiger partial charge on any atom is -0.477 e. The number of aromatic nitrogens is 1. The SMILES string of the molecule is [C-]#[N+]c1cccc2c(CNC3CCC3)c(C(=O)O)n(Cc3ccc(C)cc3)c12. The number of rotatable bonds is 6. The van der Waals surface area contributed by atoms with Gasteiger partial charge < -0.3 is 15.0 Å². The van der Waals surface area contributed by atoms with Crippen LogP contribution in [0.4, 0.5) is 5.69 Å². The molecule has 0 radical (unpaired) electrons. The largest absolute Gasteiger partial charge is 0.477 e. The van der Waals surface area contributed by atoms with Crippen LogP contribution in [0, 0.1) is 13.5 Å². The molecular weight excluding hydrogens is 350 g/mol. The van der Waals surface area contributed by atoms with Gasteiger partial charge in [0.15, 0.2) is 0 Å². The first-order chi connectivity index (χ1) is 13.6. The molecule has 1 saturated carbocycles. The van der Waals surface area contributed by atoms with E-state index >= 15 is 0 Å². The highest BCUT2D eigenvalue weighted by atomic mass is 16.4. The summed E-state index contributed by atoms with van der Waals surface area (Å²) < 4.78 is 1.80. The van der Waals surface area contributed by atoms with E-state index in [1.807, 2.05) is 43.3 Å². The number of fused-ring (bicyclic) bond motifs is 1. The standard InChI is InChI=1S/C23H23N3O2/c1-15-9-11-16(12-10-15)14-26-21-18(7-4-8-20(21)24-2)19(22(26)23(27)28)13-25-17-5-3-6-17/h4,7-12,17,25H,3,5-6,13-14H2,1H3,(H,27,28). The Bertz CT molecular complexity index is 1070. The molecule has 4 rings (SSSR count). The Balaban J connectivity index is 1.87. The Kier molecular flexibility index (Phi) is 4.89. The van der Waals surface area contributed by atoms with E-state index in [1.54, 1.807) is 10.6 Å². The third-order valence-corrected chi connectivity index (χ3v) is 5.62. The summed E-state index contributed by atoms with van der Waals surface area (Å²) in [5.41, 5.74) is 4.42. The molecule has 1 fully saturated rings. The number of para-hydroxylation sites is 1. The summed E-state index contributed by atoms with van der Waals surface area (Å²) in [6.07, 6.45) is 3.50. The van der Waals surface area contributed by atoms with E-state index in [0.717, 1.165) is 34.9 Å². The monoisotopic (exact) mass is 373 g/mol. The molecule has 0 saturated heterocycles. The minimum absolute atomic E-state index is 0.276. The zero-order valence-electron chi connectivity index (χ0n) is 15.9. The molecule has 1 heterocycles. The maximum absolute atomic E-state index is 12.3. The molecule has 142 valence electrons. The molecule has 2 aromatic carbocycles. The van der Waals surface area contributed by atoms with Gasteiger partial charge in [0.1, 0.15) is 5.69 Å². The highest BCUT2D eigenvalue weighted by Gasteiger charge is 2.25. The second kappa shape index (κ2) is 7.49. The van der Waals surface area contributed by atoms with E-state index in [2.05, 4.69) is 10.2 Å². The van der Waals surface area contributed by atoms with Gasteiger partial charge in [-0.3, -0.25) is 0 Å². The van der Waals surface area contributed by atoms with Crippen molar-refractivity contribution < 1.29 is 9.90 Å². The van der Waals surface area contributed by atoms with Gasteiger partial charge in [-0.05, 0) is 30.7 Å². The van der Waals surface area contributed by atoms with Crippen molar-refractivity contribution in [3.05, 3.63) is 76.3 Å². The Morgan fingerprint density at radius 3 is 2.61 bits per heavy atom. The number of nitrogens with zero attached hydrogens (tertiary/aromatic N) is 2. The number of carbonyl (C=O) groups is 1. The van der Waals surface area contributed by atoms with Gasteiger partial charge in [0.25, 0.3) is 0 Å². The van der Waals surface area contributed by atoms with Gasteiger partial charge in [-0.15, -0.1) is 0 Å². The highest BCUT2D eigenvalue weighted by molar-refractivity contribution is 6.03. The molecule has 0 bridgehead atoms. The summed E-state index contributed by atoms with van der Waals surface area (Å²) in [4.78, 5) is 15.9. The van der Waals surface area contributed by atoms with Crippen LogP contribution >= 0.6 is 0 Å². The number of benzene rings is 2. The van der Waals surface area contributed by atoms with Crippen LogP contribution in [0.2, 0.25) is 0 Å². The summed E-state index contributed by atoms with van der Waals surface area (Å²) in [5.74, 6) is -0.954. The van der Waals surface area contributed by atoms with Crippen LogP contribution in [0.5, 0.6) is 0 Å². The molecule has 5 nitrogen and oxygen atoms in total. The molecule has 3 aromatic rings. The van der Waals surface area contributed by atoms with E-state index < -0.39 is 5.97 Å². The van der Waals surface area contributed by atoms with Gasteiger partial charge in [0, 0.05) is 24.7 Å². The molecule has 1 aromatic heterocycles. The van der Waals surface area contributed by atoms with Crippen LogP contribution in [-0.2, 0) is 13.1 Å². The number of carboxylic acid groups (broad SMARTS) is 1. The normalized spacial score (nSPS) is 14.0. The summed E-state index contributed by atoms with van der Waals surface area (Å²) in [6, 6.07) is 14.1. The predicted octanol–water partition coefficient (Wildman–Crippen LogP) is 4.89. The van der Waals surface area contributed by atoms with Crippen molar-refractivity contribution in [1.82, 2.24) is 9.88 Å². The lowest BCUT2D eigenvalue weighted by molar-refractivity contribution is 0.0684. The smallest absolute Gasteiger partial charge is 0.352 e. The fraction of sp³-hybridized carbons (Fsp3) is 0.304. The number of nitrogens with one attached hydrogen (secondary N) is 1. The van der Waals surface area contributed by atoms with E-state index in [-0.39, 0.29) is 5.69 Å².